The lowest BCUT2D eigenvalue weighted by Gasteiger charge is -2.27. The van der Waals surface area contributed by atoms with Crippen LogP contribution in [0.15, 0.2) is 97.2 Å². The first-order valence-corrected chi connectivity index (χ1v) is 35.6. The smallest absolute Gasteiger partial charge is 0.456 e. The molecule has 0 aromatic carbocycles. The number of rotatable bonds is 61. The number of hydrogen-bond acceptors (Lipinski definition) is 6. The Hall–Kier alpha value is -3.07. The molecule has 10 heteroatoms. The average molecular weight is 1170 g/mol. The lowest BCUT2D eigenvalue weighted by molar-refractivity contribution is -0.870. The largest absolute Gasteiger partial charge is 0.472 e. The normalized spacial score (nSPS) is 14.2. The summed E-state index contributed by atoms with van der Waals surface area (Å²) in [5, 5.41) is 3.06. The lowest BCUT2D eigenvalue weighted by atomic mass is 10.0. The number of nitrogens with zero attached hydrogens (tertiary/aromatic N) is 1. The van der Waals surface area contributed by atoms with Crippen molar-refractivity contribution in [3.8, 4) is 0 Å². The molecular weight excluding hydrogens is 1040 g/mol. The van der Waals surface area contributed by atoms with E-state index in [1.54, 1.807) is 0 Å². The van der Waals surface area contributed by atoms with E-state index in [-0.39, 0.29) is 31.5 Å². The average Bonchev–Trinajstić information content (AvgIpc) is 3.44. The number of ether oxygens (including phenoxy) is 1. The van der Waals surface area contributed by atoms with E-state index in [2.05, 4.69) is 111 Å². The summed E-state index contributed by atoms with van der Waals surface area (Å²) in [5.41, 5.74) is 0. The zero-order valence-corrected chi connectivity index (χ0v) is 55.1. The van der Waals surface area contributed by atoms with Gasteiger partial charge in [0.2, 0.25) is 5.91 Å². The Bertz CT molecular complexity index is 1720. The van der Waals surface area contributed by atoms with Gasteiger partial charge < -0.3 is 19.4 Å². The van der Waals surface area contributed by atoms with E-state index in [9.17, 15) is 19.0 Å². The molecule has 0 aliphatic carbocycles. The molecule has 0 aromatic heterocycles. The van der Waals surface area contributed by atoms with E-state index in [0.717, 1.165) is 122 Å². The van der Waals surface area contributed by atoms with E-state index in [1.165, 1.54) is 141 Å². The van der Waals surface area contributed by atoms with Crippen LogP contribution in [0.3, 0.4) is 0 Å². The monoisotopic (exact) mass is 1170 g/mol. The first-order chi connectivity index (χ1) is 39.9. The summed E-state index contributed by atoms with van der Waals surface area (Å²) in [6.07, 6.45) is 82.6. The van der Waals surface area contributed by atoms with Gasteiger partial charge in [-0.3, -0.25) is 18.6 Å². The van der Waals surface area contributed by atoms with E-state index >= 15 is 0 Å². The van der Waals surface area contributed by atoms with Crippen LogP contribution in [-0.2, 0) is 27.9 Å². The second kappa shape index (κ2) is 61.0. The van der Waals surface area contributed by atoms with Gasteiger partial charge in [-0.1, -0.05) is 272 Å². The van der Waals surface area contributed by atoms with Gasteiger partial charge in [0.15, 0.2) is 0 Å². The van der Waals surface area contributed by atoms with Crippen molar-refractivity contribution in [3.05, 3.63) is 97.2 Å². The minimum Gasteiger partial charge on any atom is -0.456 e. The molecule has 0 aliphatic heterocycles. The molecule has 3 unspecified atom stereocenters. The van der Waals surface area contributed by atoms with Crippen LogP contribution < -0.4 is 5.32 Å². The van der Waals surface area contributed by atoms with Gasteiger partial charge >= 0.3 is 13.8 Å². The Labute approximate surface area is 507 Å². The Kier molecular flexibility index (Phi) is 58.7. The Morgan fingerprint density at radius 2 is 0.780 bits per heavy atom. The van der Waals surface area contributed by atoms with Crippen molar-refractivity contribution in [2.75, 3.05) is 40.9 Å². The van der Waals surface area contributed by atoms with Crippen LogP contribution in [0.5, 0.6) is 0 Å². The molecule has 0 fully saturated rings. The van der Waals surface area contributed by atoms with Gasteiger partial charge in [0.1, 0.15) is 19.3 Å². The highest BCUT2D eigenvalue weighted by atomic mass is 31.2. The van der Waals surface area contributed by atoms with Crippen molar-refractivity contribution < 1.29 is 37.3 Å². The molecule has 0 spiro atoms. The third kappa shape index (κ3) is 61.5. The topological polar surface area (TPSA) is 111 Å². The molecule has 474 valence electrons. The van der Waals surface area contributed by atoms with Gasteiger partial charge in [-0.05, 0) is 109 Å². The lowest BCUT2D eigenvalue weighted by Crippen LogP contribution is -2.47. The van der Waals surface area contributed by atoms with Gasteiger partial charge in [-0.25, -0.2) is 4.57 Å². The second-order valence-corrected chi connectivity index (χ2v) is 25.4. The molecule has 0 saturated heterocycles. The zero-order chi connectivity index (χ0) is 60.0. The zero-order valence-electron chi connectivity index (χ0n) is 54.2. The Balaban J connectivity index is 5.14. The Morgan fingerprint density at radius 3 is 1.20 bits per heavy atom. The minimum atomic E-state index is -4.46. The molecule has 82 heavy (non-hydrogen) atoms. The van der Waals surface area contributed by atoms with Crippen molar-refractivity contribution in [1.29, 1.82) is 0 Å². The van der Waals surface area contributed by atoms with Gasteiger partial charge in [-0.15, -0.1) is 0 Å². The number of allylic oxidation sites excluding steroid dienone is 15. The third-order valence-electron chi connectivity index (χ3n) is 14.8. The summed E-state index contributed by atoms with van der Waals surface area (Å²) in [6, 6.07) is -0.859. The summed E-state index contributed by atoms with van der Waals surface area (Å²) in [5.74, 6) is -0.515. The quantitative estimate of drug-likeness (QED) is 0.0205. The minimum absolute atomic E-state index is 0.0348. The highest BCUT2D eigenvalue weighted by Crippen LogP contribution is 2.43. The number of nitrogens with one attached hydrogen (secondary N) is 1. The molecule has 0 saturated carbocycles. The number of likely N-dealkylation sites (N-methyl/N-ethyl adjacent to an activating group) is 1. The second-order valence-electron chi connectivity index (χ2n) is 24.0. The van der Waals surface area contributed by atoms with Gasteiger partial charge in [-0.2, -0.15) is 0 Å². The summed E-state index contributed by atoms with van der Waals surface area (Å²) in [6.45, 7) is 6.88. The van der Waals surface area contributed by atoms with Crippen molar-refractivity contribution >= 4 is 19.7 Å². The molecule has 0 radical (unpaired) electrons. The predicted molar refractivity (Wildman–Crippen MR) is 355 cm³/mol. The first-order valence-electron chi connectivity index (χ1n) is 34.1. The number of amides is 1. The summed E-state index contributed by atoms with van der Waals surface area (Å²) < 4.78 is 30.8. The fraction of sp³-hybridized carbons (Fsp3) is 0.750. The highest BCUT2D eigenvalue weighted by Gasteiger charge is 2.30. The Morgan fingerprint density at radius 1 is 0.439 bits per heavy atom. The van der Waals surface area contributed by atoms with Crippen LogP contribution in [0.1, 0.15) is 297 Å². The van der Waals surface area contributed by atoms with Crippen LogP contribution in [0, 0.1) is 0 Å². The number of phosphoric acid groups is 1. The summed E-state index contributed by atoms with van der Waals surface area (Å²) in [7, 11) is 1.48. The molecule has 3 atom stereocenters. The van der Waals surface area contributed by atoms with Crippen molar-refractivity contribution in [2.24, 2.45) is 0 Å². The molecule has 0 rings (SSSR count). The van der Waals surface area contributed by atoms with Crippen molar-refractivity contribution in [1.82, 2.24) is 5.32 Å². The van der Waals surface area contributed by atoms with E-state index < -0.39 is 20.0 Å². The van der Waals surface area contributed by atoms with Crippen LogP contribution in [-0.4, -0.2) is 74.3 Å². The number of esters is 1. The van der Waals surface area contributed by atoms with E-state index in [0.29, 0.717) is 17.4 Å². The van der Waals surface area contributed by atoms with Crippen LogP contribution in [0.2, 0.25) is 0 Å². The van der Waals surface area contributed by atoms with Crippen LogP contribution in [0.4, 0.5) is 0 Å². The molecule has 0 aromatic rings. The first kappa shape index (κ1) is 78.9. The number of hydrogen-bond donors (Lipinski definition) is 2. The maximum absolute atomic E-state index is 13.6. The molecule has 2 N–H and O–H groups in total. The predicted octanol–water partition coefficient (Wildman–Crippen LogP) is 21.5. The van der Waals surface area contributed by atoms with E-state index in [1.807, 2.05) is 33.3 Å². The van der Waals surface area contributed by atoms with Crippen molar-refractivity contribution in [2.45, 2.75) is 309 Å². The molecule has 0 heterocycles. The number of quaternary nitrogens is 1. The number of carbonyl (C=O) groups is 2. The molecule has 0 bridgehead atoms. The molecule has 0 aliphatic rings. The maximum atomic E-state index is 13.6. The number of unbranched alkanes of at least 4 members (excludes halogenated alkanes) is 31. The summed E-state index contributed by atoms with van der Waals surface area (Å²) >= 11 is 0. The fourth-order valence-corrected chi connectivity index (χ4v) is 10.3. The molecule has 1 amide bonds. The van der Waals surface area contributed by atoms with Gasteiger partial charge in [0.25, 0.3) is 0 Å². The number of carbonyl (C=O) groups excluding carboxylic acids is 2. The molecular formula is C72H130N2O7P+. The summed E-state index contributed by atoms with van der Waals surface area (Å²) in [4.78, 5) is 37.9. The van der Waals surface area contributed by atoms with Gasteiger partial charge in [0.05, 0.1) is 33.8 Å². The van der Waals surface area contributed by atoms with Crippen LogP contribution >= 0.6 is 7.82 Å². The third-order valence-corrected chi connectivity index (χ3v) is 15.7. The van der Waals surface area contributed by atoms with Gasteiger partial charge in [0, 0.05) is 12.8 Å². The SMILES string of the molecule is CC/C=C\C/C=C\C/C=C\C/C=C\C/C=C\CCCCCCCCCCCC(=O)OC(/C=C\CCCCCCCCCCCC)C(COP(=O)(O)OCC[N+](C)(C)C)NC(=O)CCCCCCCCCCC/C=C\C/C=C\CCCCC. The van der Waals surface area contributed by atoms with Crippen LogP contribution in [0.25, 0.3) is 0 Å². The highest BCUT2D eigenvalue weighted by molar-refractivity contribution is 7.47. The van der Waals surface area contributed by atoms with Crippen molar-refractivity contribution in [3.63, 3.8) is 0 Å². The standard InChI is InChI=1S/C72H129N2O7P/c1-7-10-13-16-19-22-25-28-30-32-34-35-36-37-38-39-41-43-45-47-50-53-56-59-62-65-72(76)81-70(63-60-57-54-51-48-27-24-21-18-15-12-9-3)69(68-80-82(77,78)79-67-66-74(4,5)6)73-71(75)64-61-58-55-52-49-46-44-42-40-33-31-29-26-23-20-17-14-11-8-2/h10,13,19-20,22-23,28-31,34-35,37-38,60,63,69-70H,7-9,11-12,14-18,21,24-27,32-33,36,39-59,61-62,64-68H2,1-6H3,(H-,73,75,77,78)/p+1/b13-10-,22-19-,23-20-,30-28-,31-29-,35-34-,38-37-,63-60-. The molecule has 9 nitrogen and oxygen atoms in total. The fourth-order valence-electron chi connectivity index (χ4n) is 9.53. The number of phosphoric ester groups is 1. The maximum Gasteiger partial charge on any atom is 0.472 e. The van der Waals surface area contributed by atoms with E-state index in [4.69, 9.17) is 13.8 Å².